The standard InChI is InChI=1S/C51H62N10O9/c1-6-47(65)26-30-27-50(46(64)70-5,41-33(15-21-59(28-30)29-47)32-11-8-9-12-36(32)55-41)35-24-34-38(25-40(35)69-4)58(3)43-49(34)17-22-60-20-10-16-48(7-2,42(49)60)44(62)51(43,66)45(63)54-19-18-53-37-14-13-31(56-57-52)23-39(37)61(67)68/h8-14,16,23-25,30,42-44,53,55,62,65-66H,6-7,15,17-22,26-29H2,1-5H3,(H,54,63). The van der Waals surface area contributed by atoms with E-state index in [1.54, 1.807) is 7.11 Å². The number of ether oxygens (including phenoxy) is 2. The lowest BCUT2D eigenvalue weighted by molar-refractivity contribution is -0.383. The smallest absolute Gasteiger partial charge is 0.322 e. The molecule has 1 aromatic heterocycles. The topological polar surface area (TPSA) is 255 Å². The van der Waals surface area contributed by atoms with Crippen LogP contribution in [0.25, 0.3) is 21.3 Å². The van der Waals surface area contributed by atoms with Gasteiger partial charge in [-0.2, -0.15) is 0 Å². The fourth-order valence-corrected chi connectivity index (χ4v) is 14.5. The monoisotopic (exact) mass is 958 g/mol. The van der Waals surface area contributed by atoms with Crippen LogP contribution in [0.5, 0.6) is 5.75 Å². The first kappa shape index (κ1) is 47.5. The van der Waals surface area contributed by atoms with Crippen molar-refractivity contribution in [3.8, 4) is 5.75 Å². The molecule has 19 nitrogen and oxygen atoms in total. The molecule has 0 radical (unpaired) electrons. The zero-order valence-electron chi connectivity index (χ0n) is 40.3. The molecule has 70 heavy (non-hydrogen) atoms. The number of hydrogen-bond donors (Lipinski definition) is 6. The maximum Gasteiger partial charge on any atom is 0.322 e. The molecule has 1 saturated carbocycles. The zero-order chi connectivity index (χ0) is 49.5. The summed E-state index contributed by atoms with van der Waals surface area (Å²) < 4.78 is 12.4. The van der Waals surface area contributed by atoms with Crippen LogP contribution >= 0.6 is 0 Å². The second-order valence-electron chi connectivity index (χ2n) is 20.5. The molecule has 6 N–H and O–H groups in total. The Morgan fingerprint density at radius 2 is 1.84 bits per heavy atom. The molecule has 1 aliphatic carbocycles. The number of H-pyrrole nitrogens is 1. The summed E-state index contributed by atoms with van der Waals surface area (Å²) in [6, 6.07) is 14.7. The van der Waals surface area contributed by atoms with E-state index >= 15 is 9.59 Å². The van der Waals surface area contributed by atoms with E-state index in [0.717, 1.165) is 28.1 Å². The van der Waals surface area contributed by atoms with Crippen molar-refractivity contribution in [3.05, 3.63) is 110 Å². The maximum absolute atomic E-state index is 15.5. The molecular weight excluding hydrogens is 897 g/mol. The number of nitro groups is 1. The Balaban J connectivity index is 1.13. The Morgan fingerprint density at radius 3 is 2.57 bits per heavy atom. The lowest BCUT2D eigenvalue weighted by atomic mass is 9.47. The highest BCUT2D eigenvalue weighted by molar-refractivity contribution is 5.95. The number of amides is 1. The molecule has 1 amide bonds. The Hall–Kier alpha value is -6.21. The van der Waals surface area contributed by atoms with Gasteiger partial charge in [0.1, 0.15) is 23.0 Å². The number of aromatic amines is 1. The number of benzene rings is 3. The quantitative estimate of drug-likeness (QED) is 0.0154. The number of fused-ring (bicyclic) bond motifs is 6. The van der Waals surface area contributed by atoms with Gasteiger partial charge in [-0.1, -0.05) is 55.4 Å². The SMILES string of the molecule is CCC1(O)CC2CN(CCc3c([nH]c4ccccc34)C(C(=O)OC)(c3cc4c(cc3OC)N(C)C3C(O)(C(=O)NCCNc5ccc(N=[N+]=[N-])cc5[N+](=O)[O-])C(O)C5(CC)C=CCN6CCC43C65)C2)C1. The molecular formula is C51H62N10O9. The number of methoxy groups -OCH3 is 2. The molecule has 10 rings (SSSR count). The average molecular weight is 959 g/mol. The summed E-state index contributed by atoms with van der Waals surface area (Å²) in [5.74, 6) is -1.01. The van der Waals surface area contributed by atoms with Crippen LogP contribution in [0.3, 0.4) is 0 Å². The Labute approximate surface area is 405 Å². The molecule has 6 aliphatic rings. The first-order valence-electron chi connectivity index (χ1n) is 24.4. The molecule has 3 fully saturated rings. The number of nitro benzene ring substituents is 1. The number of likely N-dealkylation sites (N-methyl/N-ethyl adjacent to an activating group) is 1. The molecule has 10 atom stereocenters. The van der Waals surface area contributed by atoms with E-state index in [0.29, 0.717) is 87.5 Å². The number of carbonyl (C=O) groups excluding carboxylic acids is 2. The van der Waals surface area contributed by atoms with E-state index in [-0.39, 0.29) is 48.5 Å². The number of piperidine rings is 1. The molecule has 3 aromatic carbocycles. The van der Waals surface area contributed by atoms with Crippen molar-refractivity contribution in [2.75, 3.05) is 77.3 Å². The predicted molar refractivity (Wildman–Crippen MR) is 262 cm³/mol. The maximum atomic E-state index is 15.5. The van der Waals surface area contributed by atoms with Crippen molar-refractivity contribution in [1.82, 2.24) is 20.1 Å². The van der Waals surface area contributed by atoms with Crippen molar-refractivity contribution >= 4 is 45.5 Å². The van der Waals surface area contributed by atoms with E-state index in [9.17, 15) is 25.4 Å². The van der Waals surface area contributed by atoms with Crippen LogP contribution in [-0.4, -0.2) is 143 Å². The van der Waals surface area contributed by atoms with Gasteiger partial charge >= 0.3 is 5.97 Å². The fourth-order valence-electron chi connectivity index (χ4n) is 14.5. The van der Waals surface area contributed by atoms with E-state index in [4.69, 9.17) is 15.0 Å². The fraction of sp³-hybridized carbons (Fsp3) is 0.529. The van der Waals surface area contributed by atoms with Crippen molar-refractivity contribution < 1.29 is 39.3 Å². The van der Waals surface area contributed by atoms with Gasteiger partial charge in [-0.05, 0) is 85.8 Å². The second-order valence-corrected chi connectivity index (χ2v) is 20.5. The van der Waals surface area contributed by atoms with Gasteiger partial charge in [0, 0.05) is 114 Å². The number of aliphatic hydroxyl groups is 3. The minimum Gasteiger partial charge on any atom is -0.496 e. The van der Waals surface area contributed by atoms with Crippen LogP contribution in [0.2, 0.25) is 0 Å². The molecule has 5 aliphatic heterocycles. The molecule has 1 spiro atoms. The first-order valence-corrected chi connectivity index (χ1v) is 24.4. The number of nitrogens with zero attached hydrogens (tertiary/aromatic N) is 7. The summed E-state index contributed by atoms with van der Waals surface area (Å²) in [4.78, 5) is 55.0. The highest BCUT2D eigenvalue weighted by Gasteiger charge is 2.78. The van der Waals surface area contributed by atoms with Crippen molar-refractivity contribution in [1.29, 1.82) is 0 Å². The molecule has 370 valence electrons. The minimum absolute atomic E-state index is 0.0149. The van der Waals surface area contributed by atoms with Gasteiger partial charge in [-0.25, -0.2) is 0 Å². The summed E-state index contributed by atoms with van der Waals surface area (Å²) >= 11 is 0. The third-order valence-electron chi connectivity index (χ3n) is 17.3. The number of rotatable bonds is 12. The predicted octanol–water partition coefficient (Wildman–Crippen LogP) is 5.33. The van der Waals surface area contributed by atoms with E-state index in [1.807, 2.05) is 62.2 Å². The number of anilines is 2. The van der Waals surface area contributed by atoms with Crippen molar-refractivity contribution in [2.45, 2.75) is 92.6 Å². The van der Waals surface area contributed by atoms with Gasteiger partial charge in [-0.3, -0.25) is 29.5 Å². The van der Waals surface area contributed by atoms with Crippen LogP contribution in [-0.2, 0) is 31.6 Å². The Kier molecular flexibility index (Phi) is 11.7. The Morgan fingerprint density at radius 1 is 1.04 bits per heavy atom. The Bertz CT molecular complexity index is 2870. The zero-order valence-corrected chi connectivity index (χ0v) is 40.3. The number of nitrogens with one attached hydrogen (secondary N) is 3. The molecule has 2 saturated heterocycles. The van der Waals surface area contributed by atoms with Gasteiger partial charge in [0.05, 0.1) is 30.8 Å². The third-order valence-corrected chi connectivity index (χ3v) is 17.3. The number of aliphatic hydroxyl groups excluding tert-OH is 1. The molecule has 2 bridgehead atoms. The van der Waals surface area contributed by atoms with E-state index in [2.05, 4.69) is 47.6 Å². The third kappa shape index (κ3) is 6.69. The lowest BCUT2D eigenvalue weighted by Gasteiger charge is -2.63. The van der Waals surface area contributed by atoms with E-state index in [1.165, 1.54) is 19.2 Å². The van der Waals surface area contributed by atoms with Crippen molar-refractivity contribution in [2.24, 2.45) is 16.4 Å². The summed E-state index contributed by atoms with van der Waals surface area (Å²) in [5, 5.41) is 60.8. The van der Waals surface area contributed by atoms with Crippen LogP contribution in [0.4, 0.5) is 22.7 Å². The normalized spacial score (nSPS) is 32.8. The molecule has 10 unspecified atom stereocenters. The summed E-state index contributed by atoms with van der Waals surface area (Å²) in [6.07, 6.45) is 5.24. The lowest BCUT2D eigenvalue weighted by Crippen LogP contribution is -2.81. The highest BCUT2D eigenvalue weighted by Crippen LogP contribution is 2.67. The van der Waals surface area contributed by atoms with Crippen LogP contribution < -0.4 is 20.3 Å². The van der Waals surface area contributed by atoms with Crippen molar-refractivity contribution in [3.63, 3.8) is 0 Å². The van der Waals surface area contributed by atoms with Gasteiger partial charge in [0.25, 0.3) is 11.6 Å². The van der Waals surface area contributed by atoms with Gasteiger partial charge in [-0.15, -0.1) is 0 Å². The number of aromatic nitrogens is 1. The molecule has 6 heterocycles. The number of hydrogen-bond acceptors (Lipinski definition) is 14. The largest absolute Gasteiger partial charge is 0.496 e. The number of azide groups is 1. The van der Waals surface area contributed by atoms with Crippen LogP contribution in [0.1, 0.15) is 68.3 Å². The first-order chi connectivity index (χ1) is 33.6. The minimum atomic E-state index is -2.42. The van der Waals surface area contributed by atoms with Gasteiger partial charge in [0.2, 0.25) is 0 Å². The second kappa shape index (κ2) is 17.3. The van der Waals surface area contributed by atoms with Crippen LogP contribution in [0, 0.1) is 21.4 Å². The number of para-hydroxylation sites is 1. The molecule has 4 aromatic rings. The summed E-state index contributed by atoms with van der Waals surface area (Å²) in [5.41, 5.74) is 6.45. The van der Waals surface area contributed by atoms with E-state index < -0.39 is 56.4 Å². The van der Waals surface area contributed by atoms with Gasteiger partial charge in [0.15, 0.2) is 5.60 Å². The molecule has 19 heteroatoms. The van der Waals surface area contributed by atoms with Crippen LogP contribution in [0.15, 0.2) is 71.9 Å². The summed E-state index contributed by atoms with van der Waals surface area (Å²) in [7, 11) is 4.82. The number of esters is 1. The van der Waals surface area contributed by atoms with Gasteiger partial charge < -0.3 is 45.3 Å². The average Bonchev–Trinajstić information content (AvgIpc) is 4.02. The number of carbonyl (C=O) groups is 2. The highest BCUT2D eigenvalue weighted by atomic mass is 16.6. The summed E-state index contributed by atoms with van der Waals surface area (Å²) in [6.45, 7) is 6.99.